The van der Waals surface area contributed by atoms with Gasteiger partial charge in [0.1, 0.15) is 11.6 Å². The summed E-state index contributed by atoms with van der Waals surface area (Å²) >= 11 is 0. The van der Waals surface area contributed by atoms with Gasteiger partial charge in [-0.2, -0.15) is 13.2 Å². The van der Waals surface area contributed by atoms with Crippen LogP contribution in [-0.2, 0) is 6.18 Å². The van der Waals surface area contributed by atoms with Crippen LogP contribution in [0.5, 0.6) is 5.75 Å². The molecule has 0 unspecified atom stereocenters. The number of rotatable bonds is 3. The SMILES string of the molecule is COc1cc(-c2nc(N)nc(C)c2-c2ccc(N)nc2)cc(C(F)(F)F)c1. The zero-order chi connectivity index (χ0) is 19.8. The molecular weight excluding hydrogens is 359 g/mol. The quantitative estimate of drug-likeness (QED) is 0.724. The maximum absolute atomic E-state index is 13.3. The standard InChI is InChI=1S/C18H16F3N5O/c1-9-15(10-3-4-14(22)24-8-10)16(26-17(23)25-9)11-5-12(18(19,20)21)7-13(6-11)27-2/h3-8H,1-2H3,(H2,22,24)(H2,23,25,26). The van der Waals surface area contributed by atoms with Crippen LogP contribution in [0.2, 0.25) is 0 Å². The van der Waals surface area contributed by atoms with E-state index in [1.54, 1.807) is 19.1 Å². The van der Waals surface area contributed by atoms with Gasteiger partial charge in [0.25, 0.3) is 0 Å². The minimum absolute atomic E-state index is 0.0500. The number of nitrogens with zero attached hydrogens (tertiary/aromatic N) is 3. The van der Waals surface area contributed by atoms with Crippen LogP contribution >= 0.6 is 0 Å². The van der Waals surface area contributed by atoms with E-state index in [1.807, 2.05) is 0 Å². The number of halogens is 3. The molecule has 140 valence electrons. The van der Waals surface area contributed by atoms with Gasteiger partial charge in [0.05, 0.1) is 24.1 Å². The van der Waals surface area contributed by atoms with Crippen molar-refractivity contribution in [2.75, 3.05) is 18.6 Å². The molecule has 0 aliphatic heterocycles. The molecule has 0 aliphatic carbocycles. The summed E-state index contributed by atoms with van der Waals surface area (Å²) in [5.41, 5.74) is 12.6. The number of pyridine rings is 1. The zero-order valence-electron chi connectivity index (χ0n) is 14.5. The van der Waals surface area contributed by atoms with Crippen molar-refractivity contribution < 1.29 is 17.9 Å². The molecule has 0 atom stereocenters. The molecule has 0 spiro atoms. The van der Waals surface area contributed by atoms with Crippen molar-refractivity contribution in [1.82, 2.24) is 15.0 Å². The van der Waals surface area contributed by atoms with E-state index in [1.165, 1.54) is 19.4 Å². The molecule has 3 rings (SSSR count). The molecule has 1 aromatic carbocycles. The predicted molar refractivity (Wildman–Crippen MR) is 95.8 cm³/mol. The number of aryl methyl sites for hydroxylation is 1. The van der Waals surface area contributed by atoms with Crippen molar-refractivity contribution in [3.05, 3.63) is 47.8 Å². The summed E-state index contributed by atoms with van der Waals surface area (Å²) in [6.45, 7) is 1.69. The van der Waals surface area contributed by atoms with Crippen LogP contribution in [0.4, 0.5) is 24.9 Å². The molecule has 27 heavy (non-hydrogen) atoms. The van der Waals surface area contributed by atoms with Gasteiger partial charge in [-0.25, -0.2) is 15.0 Å². The van der Waals surface area contributed by atoms with Crippen LogP contribution in [0.25, 0.3) is 22.4 Å². The van der Waals surface area contributed by atoms with Crippen LogP contribution in [0, 0.1) is 6.92 Å². The molecule has 2 aromatic heterocycles. The van der Waals surface area contributed by atoms with Crippen molar-refractivity contribution in [1.29, 1.82) is 0 Å². The molecule has 0 fully saturated rings. The van der Waals surface area contributed by atoms with E-state index in [-0.39, 0.29) is 23.0 Å². The lowest BCUT2D eigenvalue weighted by Crippen LogP contribution is -2.07. The van der Waals surface area contributed by atoms with Gasteiger partial charge in [0, 0.05) is 22.9 Å². The van der Waals surface area contributed by atoms with E-state index in [2.05, 4.69) is 15.0 Å². The lowest BCUT2D eigenvalue weighted by Gasteiger charge is -2.15. The van der Waals surface area contributed by atoms with Gasteiger partial charge >= 0.3 is 6.18 Å². The Bertz CT molecular complexity index is 988. The fourth-order valence-electron chi connectivity index (χ4n) is 2.72. The molecule has 0 bridgehead atoms. The Labute approximate surface area is 153 Å². The molecule has 9 heteroatoms. The van der Waals surface area contributed by atoms with Crippen molar-refractivity contribution >= 4 is 11.8 Å². The number of hydrogen-bond donors (Lipinski definition) is 2. The van der Waals surface area contributed by atoms with E-state index in [0.717, 1.165) is 12.1 Å². The zero-order valence-corrected chi connectivity index (χ0v) is 14.5. The predicted octanol–water partition coefficient (Wildman–Crippen LogP) is 3.71. The van der Waals surface area contributed by atoms with E-state index in [0.29, 0.717) is 22.6 Å². The third kappa shape index (κ3) is 3.76. The lowest BCUT2D eigenvalue weighted by atomic mass is 9.97. The van der Waals surface area contributed by atoms with Crippen molar-refractivity contribution in [2.45, 2.75) is 13.1 Å². The summed E-state index contributed by atoms with van der Waals surface area (Å²) in [5.74, 6) is 0.317. The number of methoxy groups -OCH3 is 1. The van der Waals surface area contributed by atoms with Gasteiger partial charge < -0.3 is 16.2 Å². The first kappa shape index (κ1) is 18.4. The second kappa shape index (κ2) is 6.75. The molecule has 0 amide bonds. The van der Waals surface area contributed by atoms with E-state index < -0.39 is 11.7 Å². The van der Waals surface area contributed by atoms with E-state index in [4.69, 9.17) is 16.2 Å². The number of benzene rings is 1. The Morgan fingerprint density at radius 3 is 2.33 bits per heavy atom. The highest BCUT2D eigenvalue weighted by Gasteiger charge is 2.32. The van der Waals surface area contributed by atoms with Crippen LogP contribution in [-0.4, -0.2) is 22.1 Å². The molecule has 4 N–H and O–H groups in total. The van der Waals surface area contributed by atoms with Crippen LogP contribution < -0.4 is 16.2 Å². The Kier molecular flexibility index (Phi) is 4.61. The molecule has 3 aromatic rings. The monoisotopic (exact) mass is 375 g/mol. The first-order chi connectivity index (χ1) is 12.7. The number of ether oxygens (including phenoxy) is 1. The molecule has 0 aliphatic rings. The highest BCUT2D eigenvalue weighted by Crippen LogP contribution is 2.39. The number of nitrogen functional groups attached to an aromatic ring is 2. The van der Waals surface area contributed by atoms with Gasteiger partial charge in [-0.3, -0.25) is 0 Å². The maximum atomic E-state index is 13.3. The van der Waals surface area contributed by atoms with Crippen molar-refractivity contribution in [3.8, 4) is 28.1 Å². The smallest absolute Gasteiger partial charge is 0.416 e. The van der Waals surface area contributed by atoms with Crippen LogP contribution in [0.15, 0.2) is 36.5 Å². The Morgan fingerprint density at radius 2 is 1.74 bits per heavy atom. The second-order valence-electron chi connectivity index (χ2n) is 5.81. The molecular formula is C18H16F3N5O. The summed E-state index contributed by atoms with van der Waals surface area (Å²) in [7, 11) is 1.30. The number of anilines is 2. The number of hydrogen-bond acceptors (Lipinski definition) is 6. The van der Waals surface area contributed by atoms with Gasteiger partial charge in [-0.15, -0.1) is 0 Å². The van der Waals surface area contributed by atoms with Gasteiger partial charge in [-0.1, -0.05) is 0 Å². The summed E-state index contributed by atoms with van der Waals surface area (Å²) in [6.07, 6.45) is -3.04. The van der Waals surface area contributed by atoms with E-state index in [9.17, 15) is 13.2 Å². The summed E-state index contributed by atoms with van der Waals surface area (Å²) in [5, 5.41) is 0. The second-order valence-corrected chi connectivity index (χ2v) is 5.81. The van der Waals surface area contributed by atoms with Crippen LogP contribution in [0.3, 0.4) is 0 Å². The highest BCUT2D eigenvalue weighted by molar-refractivity contribution is 5.83. The molecule has 6 nitrogen and oxygen atoms in total. The van der Waals surface area contributed by atoms with Gasteiger partial charge in [-0.05, 0) is 37.3 Å². The highest BCUT2D eigenvalue weighted by atomic mass is 19.4. The van der Waals surface area contributed by atoms with E-state index >= 15 is 0 Å². The minimum Gasteiger partial charge on any atom is -0.497 e. The number of alkyl halides is 3. The molecule has 0 radical (unpaired) electrons. The van der Waals surface area contributed by atoms with Gasteiger partial charge in [0.15, 0.2) is 0 Å². The van der Waals surface area contributed by atoms with Crippen molar-refractivity contribution in [2.24, 2.45) is 0 Å². The third-order valence-electron chi connectivity index (χ3n) is 3.93. The summed E-state index contributed by atoms with van der Waals surface area (Å²) in [4.78, 5) is 12.3. The first-order valence-corrected chi connectivity index (χ1v) is 7.81. The lowest BCUT2D eigenvalue weighted by molar-refractivity contribution is -0.137. The normalized spacial score (nSPS) is 11.4. The molecule has 0 saturated heterocycles. The average molecular weight is 375 g/mol. The number of aromatic nitrogens is 3. The molecule has 0 saturated carbocycles. The largest absolute Gasteiger partial charge is 0.497 e. The number of nitrogens with two attached hydrogens (primary N) is 2. The first-order valence-electron chi connectivity index (χ1n) is 7.81. The fraction of sp³-hybridized carbons (Fsp3) is 0.167. The molecule has 2 heterocycles. The average Bonchev–Trinajstić information content (AvgIpc) is 2.61. The minimum atomic E-state index is -4.54. The topological polar surface area (TPSA) is 99.9 Å². The maximum Gasteiger partial charge on any atom is 0.416 e. The fourth-order valence-corrected chi connectivity index (χ4v) is 2.72. The third-order valence-corrected chi connectivity index (χ3v) is 3.93. The summed E-state index contributed by atoms with van der Waals surface area (Å²) < 4.78 is 44.9. The van der Waals surface area contributed by atoms with Crippen LogP contribution in [0.1, 0.15) is 11.3 Å². The van der Waals surface area contributed by atoms with Gasteiger partial charge in [0.2, 0.25) is 5.95 Å². The van der Waals surface area contributed by atoms with Crippen molar-refractivity contribution in [3.63, 3.8) is 0 Å². The Morgan fingerprint density at radius 1 is 1.00 bits per heavy atom. The Hall–Kier alpha value is -3.36. The summed E-state index contributed by atoms with van der Waals surface area (Å²) in [6, 6.07) is 6.66. The Balaban J connectivity index is 2.30.